The lowest BCUT2D eigenvalue weighted by Gasteiger charge is -2.41. The second kappa shape index (κ2) is 6.14. The number of ether oxygens (including phenoxy) is 2. The van der Waals surface area contributed by atoms with Crippen LogP contribution in [0, 0.1) is 5.92 Å². The average molecular weight is 385 g/mol. The fourth-order valence-electron chi connectivity index (χ4n) is 4.77. The number of oxime groups is 1. The molecule has 140 valence electrons. The number of fused-ring (bicyclic) bond motifs is 1. The molecule has 5 nitrogen and oxygen atoms in total. The third-order valence-electron chi connectivity index (χ3n) is 6.03. The predicted octanol–water partition coefficient (Wildman–Crippen LogP) is 3.82. The number of nitrogens with zero attached hydrogens (tertiary/aromatic N) is 2. The topological polar surface area (TPSA) is 43.3 Å². The highest BCUT2D eigenvalue weighted by Gasteiger charge is 2.60. The molecule has 1 fully saturated rings. The number of benzene rings is 2. The van der Waals surface area contributed by atoms with Crippen LogP contribution < -0.4 is 9.47 Å². The monoisotopic (exact) mass is 384 g/mol. The van der Waals surface area contributed by atoms with Gasteiger partial charge in [0.15, 0.2) is 11.5 Å². The van der Waals surface area contributed by atoms with E-state index in [0.717, 1.165) is 59.3 Å². The van der Waals surface area contributed by atoms with E-state index in [1.807, 2.05) is 24.3 Å². The molecule has 1 saturated heterocycles. The predicted molar refractivity (Wildman–Crippen MR) is 104 cm³/mol. The van der Waals surface area contributed by atoms with Crippen molar-refractivity contribution in [3.63, 3.8) is 0 Å². The Morgan fingerprint density at radius 1 is 1.11 bits per heavy atom. The number of hydrogen-bond acceptors (Lipinski definition) is 5. The van der Waals surface area contributed by atoms with Gasteiger partial charge < -0.3 is 14.3 Å². The number of halogens is 1. The Morgan fingerprint density at radius 2 is 1.85 bits per heavy atom. The molecule has 2 atom stereocenters. The Morgan fingerprint density at radius 3 is 2.59 bits per heavy atom. The smallest absolute Gasteiger partial charge is 0.226 e. The molecule has 1 spiro atoms. The SMILES string of the molecule is COc1cc2c(cc1OC)C13ON=C(c4ccc(Cl)cc4)C1CCN3CC2. The summed E-state index contributed by atoms with van der Waals surface area (Å²) in [6, 6.07) is 12.0. The van der Waals surface area contributed by atoms with E-state index in [1.54, 1.807) is 14.2 Å². The van der Waals surface area contributed by atoms with Gasteiger partial charge in [-0.05, 0) is 48.2 Å². The Balaban J connectivity index is 1.62. The van der Waals surface area contributed by atoms with E-state index in [2.05, 4.69) is 22.2 Å². The van der Waals surface area contributed by atoms with Crippen molar-refractivity contribution in [2.75, 3.05) is 27.3 Å². The maximum Gasteiger partial charge on any atom is 0.226 e. The molecule has 5 rings (SSSR count). The normalized spacial score (nSPS) is 25.9. The summed E-state index contributed by atoms with van der Waals surface area (Å²) >= 11 is 6.06. The van der Waals surface area contributed by atoms with Crippen molar-refractivity contribution >= 4 is 17.3 Å². The Bertz CT molecular complexity index is 928. The minimum Gasteiger partial charge on any atom is -0.493 e. The molecule has 0 aliphatic carbocycles. The zero-order valence-electron chi connectivity index (χ0n) is 15.4. The molecule has 3 aliphatic heterocycles. The zero-order chi connectivity index (χ0) is 18.6. The number of hydrogen-bond donors (Lipinski definition) is 0. The second-order valence-electron chi connectivity index (χ2n) is 7.21. The summed E-state index contributed by atoms with van der Waals surface area (Å²) in [6.07, 6.45) is 1.97. The van der Waals surface area contributed by atoms with Gasteiger partial charge in [-0.25, -0.2) is 0 Å². The van der Waals surface area contributed by atoms with Crippen LogP contribution in [-0.2, 0) is 17.0 Å². The van der Waals surface area contributed by atoms with Crippen molar-refractivity contribution in [3.05, 3.63) is 58.1 Å². The van der Waals surface area contributed by atoms with Crippen LogP contribution in [0.25, 0.3) is 0 Å². The molecule has 3 heterocycles. The molecule has 0 radical (unpaired) electrons. The Kier molecular flexibility index (Phi) is 3.85. The molecule has 2 aromatic rings. The first-order valence-corrected chi connectivity index (χ1v) is 9.57. The Hall–Kier alpha value is -2.24. The van der Waals surface area contributed by atoms with Crippen molar-refractivity contribution in [3.8, 4) is 11.5 Å². The van der Waals surface area contributed by atoms with Gasteiger partial charge in [0, 0.05) is 23.7 Å². The van der Waals surface area contributed by atoms with E-state index in [9.17, 15) is 0 Å². The van der Waals surface area contributed by atoms with Gasteiger partial charge in [0.1, 0.15) is 0 Å². The van der Waals surface area contributed by atoms with Crippen LogP contribution in [0.1, 0.15) is 23.1 Å². The van der Waals surface area contributed by atoms with Gasteiger partial charge in [0.2, 0.25) is 5.72 Å². The standard InChI is InChI=1S/C21H21ClN2O3/c1-25-18-11-14-7-9-24-10-8-16-20(13-3-5-15(22)6-4-13)23-27-21(16,24)17(14)12-19(18)26-2/h3-6,11-12,16H,7-10H2,1-2H3. The first-order chi connectivity index (χ1) is 13.2. The maximum atomic E-state index is 6.25. The minimum atomic E-state index is -0.553. The molecule has 6 heteroatoms. The molecule has 2 aromatic carbocycles. The highest BCUT2D eigenvalue weighted by atomic mass is 35.5. The highest BCUT2D eigenvalue weighted by molar-refractivity contribution is 6.30. The molecule has 0 aromatic heterocycles. The summed E-state index contributed by atoms with van der Waals surface area (Å²) in [5.74, 6) is 1.66. The van der Waals surface area contributed by atoms with E-state index in [-0.39, 0.29) is 5.92 Å². The fraction of sp³-hybridized carbons (Fsp3) is 0.381. The van der Waals surface area contributed by atoms with E-state index >= 15 is 0 Å². The van der Waals surface area contributed by atoms with E-state index in [1.165, 1.54) is 5.56 Å². The first kappa shape index (κ1) is 16.9. The molecule has 2 unspecified atom stereocenters. The van der Waals surface area contributed by atoms with Gasteiger partial charge in [0.25, 0.3) is 0 Å². The molecule has 27 heavy (non-hydrogen) atoms. The number of rotatable bonds is 3. The van der Waals surface area contributed by atoms with Gasteiger partial charge in [-0.15, -0.1) is 0 Å². The molecule has 0 amide bonds. The molecule has 0 saturated carbocycles. The molecule has 0 bridgehead atoms. The van der Waals surface area contributed by atoms with E-state index in [4.69, 9.17) is 25.9 Å². The third-order valence-corrected chi connectivity index (χ3v) is 6.28. The summed E-state index contributed by atoms with van der Waals surface area (Å²) in [6.45, 7) is 1.94. The van der Waals surface area contributed by atoms with Crippen molar-refractivity contribution in [2.24, 2.45) is 11.1 Å². The van der Waals surface area contributed by atoms with Crippen LogP contribution in [0.5, 0.6) is 11.5 Å². The van der Waals surface area contributed by atoms with Crippen LogP contribution in [0.15, 0.2) is 41.6 Å². The van der Waals surface area contributed by atoms with Gasteiger partial charge in [0.05, 0.1) is 25.8 Å². The summed E-state index contributed by atoms with van der Waals surface area (Å²) in [5.41, 5.74) is 3.89. The van der Waals surface area contributed by atoms with E-state index in [0.29, 0.717) is 0 Å². The van der Waals surface area contributed by atoms with Crippen molar-refractivity contribution in [1.82, 2.24) is 4.90 Å². The lowest BCUT2D eigenvalue weighted by Crippen LogP contribution is -2.50. The fourth-order valence-corrected chi connectivity index (χ4v) is 4.90. The summed E-state index contributed by atoms with van der Waals surface area (Å²) in [5, 5.41) is 5.28. The van der Waals surface area contributed by atoms with Gasteiger partial charge in [-0.3, -0.25) is 4.90 Å². The van der Waals surface area contributed by atoms with Gasteiger partial charge in [-0.2, -0.15) is 0 Å². The average Bonchev–Trinajstić information content (AvgIpc) is 3.25. The van der Waals surface area contributed by atoms with Gasteiger partial charge in [-0.1, -0.05) is 28.9 Å². The minimum absolute atomic E-state index is 0.177. The third kappa shape index (κ3) is 2.31. The van der Waals surface area contributed by atoms with Gasteiger partial charge >= 0.3 is 0 Å². The van der Waals surface area contributed by atoms with E-state index < -0.39 is 5.72 Å². The molecular weight excluding hydrogens is 364 g/mol. The van der Waals surface area contributed by atoms with Crippen LogP contribution >= 0.6 is 11.6 Å². The first-order valence-electron chi connectivity index (χ1n) is 9.20. The molecule has 0 N–H and O–H groups in total. The largest absolute Gasteiger partial charge is 0.493 e. The van der Waals surface area contributed by atoms with Crippen molar-refractivity contribution in [2.45, 2.75) is 18.6 Å². The summed E-state index contributed by atoms with van der Waals surface area (Å²) in [7, 11) is 3.34. The lowest BCUT2D eigenvalue weighted by molar-refractivity contribution is -0.145. The van der Waals surface area contributed by atoms with Crippen molar-refractivity contribution < 1.29 is 14.3 Å². The highest BCUT2D eigenvalue weighted by Crippen LogP contribution is 2.54. The second-order valence-corrected chi connectivity index (χ2v) is 7.65. The van der Waals surface area contributed by atoms with Crippen LogP contribution in [0.3, 0.4) is 0 Å². The van der Waals surface area contributed by atoms with Crippen LogP contribution in [-0.4, -0.2) is 37.9 Å². The summed E-state index contributed by atoms with van der Waals surface area (Å²) in [4.78, 5) is 8.66. The van der Waals surface area contributed by atoms with Crippen LogP contribution in [0.2, 0.25) is 5.02 Å². The van der Waals surface area contributed by atoms with Crippen molar-refractivity contribution in [1.29, 1.82) is 0 Å². The summed E-state index contributed by atoms with van der Waals surface area (Å²) < 4.78 is 11.1. The van der Waals surface area contributed by atoms with Crippen LogP contribution in [0.4, 0.5) is 0 Å². The Labute approximate surface area is 163 Å². The molecule has 3 aliphatic rings. The number of methoxy groups -OCH3 is 2. The zero-order valence-corrected chi connectivity index (χ0v) is 16.1. The lowest BCUT2D eigenvalue weighted by atomic mass is 9.80. The maximum absolute atomic E-state index is 6.25. The molecular formula is C21H21ClN2O3. The quantitative estimate of drug-likeness (QED) is 0.806.